The number of anilines is 2. The van der Waals surface area contributed by atoms with Crippen LogP contribution in [0.1, 0.15) is 25.0 Å². The molecule has 0 aliphatic carbocycles. The molecule has 0 bridgehead atoms. The highest BCUT2D eigenvalue weighted by Crippen LogP contribution is 2.26. The van der Waals surface area contributed by atoms with Crippen molar-refractivity contribution >= 4 is 33.0 Å². The number of amides is 1. The number of carbonyl (C=O) groups is 1. The summed E-state index contributed by atoms with van der Waals surface area (Å²) in [5.74, 6) is -0.589. The summed E-state index contributed by atoms with van der Waals surface area (Å²) in [5, 5.41) is 13.7. The van der Waals surface area contributed by atoms with Gasteiger partial charge in [-0.05, 0) is 44.0 Å². The number of nitrogens with one attached hydrogen (secondary N) is 1. The summed E-state index contributed by atoms with van der Waals surface area (Å²) in [6, 6.07) is 10.2. The van der Waals surface area contributed by atoms with Crippen LogP contribution in [0.25, 0.3) is 0 Å². The first-order chi connectivity index (χ1) is 13.1. The Morgan fingerprint density at radius 3 is 2.32 bits per heavy atom. The van der Waals surface area contributed by atoms with Crippen molar-refractivity contribution in [1.82, 2.24) is 0 Å². The molecule has 1 N–H and O–H groups in total. The Hall–Kier alpha value is -2.94. The van der Waals surface area contributed by atoms with E-state index in [0.717, 1.165) is 22.5 Å². The lowest BCUT2D eigenvalue weighted by Gasteiger charge is -2.28. The third-order valence-corrected chi connectivity index (χ3v) is 5.69. The summed E-state index contributed by atoms with van der Waals surface area (Å²) in [6.07, 6.45) is 1.84. The molecular weight excluding hydrogens is 382 g/mol. The van der Waals surface area contributed by atoms with E-state index in [4.69, 9.17) is 0 Å². The number of carbonyl (C=O) groups excluding carboxylic acids is 1. The Bertz CT molecular complexity index is 987. The maximum Gasteiger partial charge on any atom is 0.274 e. The highest BCUT2D eigenvalue weighted by atomic mass is 32.2. The summed E-state index contributed by atoms with van der Waals surface area (Å²) in [4.78, 5) is 23.3. The zero-order valence-corrected chi connectivity index (χ0v) is 17.0. The van der Waals surface area contributed by atoms with Crippen molar-refractivity contribution in [3.63, 3.8) is 0 Å². The van der Waals surface area contributed by atoms with Crippen LogP contribution in [-0.2, 0) is 21.2 Å². The lowest BCUT2D eigenvalue weighted by atomic mass is 10.1. The number of benzene rings is 2. The molecule has 1 atom stereocenters. The van der Waals surface area contributed by atoms with E-state index in [0.29, 0.717) is 11.3 Å². The third kappa shape index (κ3) is 4.66. The van der Waals surface area contributed by atoms with Gasteiger partial charge in [0, 0.05) is 6.07 Å². The zero-order chi connectivity index (χ0) is 21.1. The highest BCUT2D eigenvalue weighted by Gasteiger charge is 2.29. The van der Waals surface area contributed by atoms with Gasteiger partial charge in [-0.2, -0.15) is 0 Å². The largest absolute Gasteiger partial charge is 0.324 e. The van der Waals surface area contributed by atoms with E-state index in [1.165, 1.54) is 32.0 Å². The van der Waals surface area contributed by atoms with Crippen LogP contribution in [0.4, 0.5) is 17.1 Å². The van der Waals surface area contributed by atoms with Crippen LogP contribution in [0.15, 0.2) is 42.5 Å². The van der Waals surface area contributed by atoms with Crippen molar-refractivity contribution in [3.05, 3.63) is 63.7 Å². The topological polar surface area (TPSA) is 110 Å². The van der Waals surface area contributed by atoms with Gasteiger partial charge in [0.2, 0.25) is 15.9 Å². The summed E-state index contributed by atoms with van der Waals surface area (Å²) in [5.41, 5.74) is 1.85. The van der Waals surface area contributed by atoms with Gasteiger partial charge in [-0.1, -0.05) is 25.1 Å². The molecule has 2 aromatic rings. The summed E-state index contributed by atoms with van der Waals surface area (Å²) >= 11 is 0. The number of nitrogens with zero attached hydrogens (tertiary/aromatic N) is 2. The summed E-state index contributed by atoms with van der Waals surface area (Å²) in [7, 11) is -3.74. The van der Waals surface area contributed by atoms with Gasteiger partial charge in [0.25, 0.3) is 5.69 Å². The zero-order valence-electron chi connectivity index (χ0n) is 16.2. The first kappa shape index (κ1) is 21.4. The standard InChI is InChI=1S/C19H23N3O5S/c1-5-15-9-11-16(12-10-15)21(28(4,26)27)14(3)19(23)20-17-7-6-8-18(13(17)2)22(24)25/h6-12,14H,5H2,1-4H3,(H,20,23)/t14-/m0/s1. The quantitative estimate of drug-likeness (QED) is 0.562. The SMILES string of the molecule is CCc1ccc(N([C@@H](C)C(=O)Nc2cccc([N+](=O)[O-])c2C)S(C)(=O)=O)cc1. The Morgan fingerprint density at radius 1 is 1.21 bits per heavy atom. The number of hydrogen-bond acceptors (Lipinski definition) is 5. The van der Waals surface area contributed by atoms with E-state index in [2.05, 4.69) is 5.32 Å². The molecule has 0 fully saturated rings. The minimum absolute atomic E-state index is 0.124. The molecule has 0 heterocycles. The van der Waals surface area contributed by atoms with Crippen LogP contribution in [0.2, 0.25) is 0 Å². The minimum atomic E-state index is -3.74. The number of aryl methyl sites for hydroxylation is 1. The first-order valence-electron chi connectivity index (χ1n) is 8.69. The van der Waals surface area contributed by atoms with Gasteiger partial charge in [0.15, 0.2) is 0 Å². The number of sulfonamides is 1. The van der Waals surface area contributed by atoms with Crippen LogP contribution in [0.3, 0.4) is 0 Å². The van der Waals surface area contributed by atoms with Crippen LogP contribution >= 0.6 is 0 Å². The second-order valence-electron chi connectivity index (χ2n) is 6.45. The Kier molecular flexibility index (Phi) is 6.40. The van der Waals surface area contributed by atoms with Gasteiger partial charge >= 0.3 is 0 Å². The van der Waals surface area contributed by atoms with Crippen LogP contribution in [0.5, 0.6) is 0 Å². The lowest BCUT2D eigenvalue weighted by Crippen LogP contribution is -2.45. The highest BCUT2D eigenvalue weighted by molar-refractivity contribution is 7.92. The van der Waals surface area contributed by atoms with Gasteiger partial charge < -0.3 is 5.32 Å². The van der Waals surface area contributed by atoms with Crippen molar-refractivity contribution in [2.75, 3.05) is 15.9 Å². The molecule has 0 unspecified atom stereocenters. The molecule has 1 amide bonds. The van der Waals surface area contributed by atoms with Gasteiger partial charge in [0.1, 0.15) is 6.04 Å². The molecule has 0 radical (unpaired) electrons. The smallest absolute Gasteiger partial charge is 0.274 e. The Balaban J connectivity index is 2.34. The second-order valence-corrected chi connectivity index (χ2v) is 8.31. The van der Waals surface area contributed by atoms with Crippen LogP contribution in [-0.4, -0.2) is 31.5 Å². The van der Waals surface area contributed by atoms with E-state index in [-0.39, 0.29) is 11.4 Å². The van der Waals surface area contributed by atoms with Crippen molar-refractivity contribution in [1.29, 1.82) is 0 Å². The van der Waals surface area contributed by atoms with Crippen molar-refractivity contribution in [3.8, 4) is 0 Å². The van der Waals surface area contributed by atoms with Gasteiger partial charge in [0.05, 0.1) is 28.1 Å². The molecule has 28 heavy (non-hydrogen) atoms. The molecule has 0 saturated carbocycles. The number of nitro groups is 1. The van der Waals surface area contributed by atoms with Crippen LogP contribution < -0.4 is 9.62 Å². The lowest BCUT2D eigenvalue weighted by molar-refractivity contribution is -0.385. The molecule has 0 saturated heterocycles. The molecule has 0 aliphatic rings. The third-order valence-electron chi connectivity index (χ3n) is 4.45. The summed E-state index contributed by atoms with van der Waals surface area (Å²) in [6.45, 7) is 4.98. The molecule has 2 aromatic carbocycles. The van der Waals surface area contributed by atoms with Gasteiger partial charge in [-0.15, -0.1) is 0 Å². The number of nitro benzene ring substituents is 1. The fourth-order valence-corrected chi connectivity index (χ4v) is 4.06. The molecule has 150 valence electrons. The predicted octanol–water partition coefficient (Wildman–Crippen LogP) is 3.26. The normalized spacial score (nSPS) is 12.3. The second kappa shape index (κ2) is 8.39. The average molecular weight is 405 g/mol. The van der Waals surface area contributed by atoms with E-state index in [9.17, 15) is 23.3 Å². The molecule has 9 heteroatoms. The predicted molar refractivity (Wildman–Crippen MR) is 109 cm³/mol. The van der Waals surface area contributed by atoms with Crippen molar-refractivity contribution < 1.29 is 18.1 Å². The minimum Gasteiger partial charge on any atom is -0.324 e. The molecule has 0 aromatic heterocycles. The van der Waals surface area contributed by atoms with Gasteiger partial charge in [-0.3, -0.25) is 19.2 Å². The van der Waals surface area contributed by atoms with Crippen LogP contribution in [0, 0.1) is 17.0 Å². The maximum absolute atomic E-state index is 12.7. The fraction of sp³-hybridized carbons (Fsp3) is 0.316. The first-order valence-corrected chi connectivity index (χ1v) is 10.5. The monoisotopic (exact) mass is 405 g/mol. The molecule has 2 rings (SSSR count). The van der Waals surface area contributed by atoms with Crippen molar-refractivity contribution in [2.24, 2.45) is 0 Å². The molecule has 0 spiro atoms. The van der Waals surface area contributed by atoms with E-state index >= 15 is 0 Å². The number of rotatable bonds is 7. The summed E-state index contributed by atoms with van der Waals surface area (Å²) < 4.78 is 25.7. The molecule has 0 aliphatic heterocycles. The van der Waals surface area contributed by atoms with E-state index in [1.54, 1.807) is 12.1 Å². The van der Waals surface area contributed by atoms with E-state index < -0.39 is 26.9 Å². The average Bonchev–Trinajstić information content (AvgIpc) is 2.62. The van der Waals surface area contributed by atoms with Crippen molar-refractivity contribution in [2.45, 2.75) is 33.2 Å². The molecular formula is C19H23N3O5S. The Morgan fingerprint density at radius 2 is 1.82 bits per heavy atom. The number of hydrogen-bond donors (Lipinski definition) is 1. The Labute approximate surface area is 164 Å². The van der Waals surface area contributed by atoms with E-state index in [1.807, 2.05) is 19.1 Å². The fourth-order valence-electron chi connectivity index (χ4n) is 2.88. The van der Waals surface area contributed by atoms with Gasteiger partial charge in [-0.25, -0.2) is 8.42 Å². The molecule has 8 nitrogen and oxygen atoms in total. The maximum atomic E-state index is 12.7.